The molecule has 0 saturated carbocycles. The van der Waals surface area contributed by atoms with Crippen molar-refractivity contribution in [3.8, 4) is 17.6 Å². The molecule has 3 aromatic rings. The van der Waals surface area contributed by atoms with Gasteiger partial charge in [0.1, 0.15) is 18.2 Å². The summed E-state index contributed by atoms with van der Waals surface area (Å²) < 4.78 is 11.1. The summed E-state index contributed by atoms with van der Waals surface area (Å²) in [5, 5.41) is 23.2. The van der Waals surface area contributed by atoms with E-state index in [4.69, 9.17) is 21.1 Å². The third kappa shape index (κ3) is 6.09. The number of ether oxygens (including phenoxy) is 2. The quantitative estimate of drug-likeness (QED) is 0.207. The first-order valence-corrected chi connectivity index (χ1v) is 10.0. The van der Waals surface area contributed by atoms with Gasteiger partial charge >= 0.3 is 0 Å². The van der Waals surface area contributed by atoms with Crippen LogP contribution in [0.4, 0.5) is 11.4 Å². The molecule has 0 aliphatic rings. The number of hydrogen-bond donors (Lipinski definition) is 1. The molecule has 33 heavy (non-hydrogen) atoms. The molecule has 0 aliphatic carbocycles. The van der Waals surface area contributed by atoms with Gasteiger partial charge in [-0.15, -0.1) is 0 Å². The van der Waals surface area contributed by atoms with Crippen molar-refractivity contribution in [3.63, 3.8) is 0 Å². The fourth-order valence-electron chi connectivity index (χ4n) is 2.91. The predicted molar refractivity (Wildman–Crippen MR) is 124 cm³/mol. The first-order valence-electron chi connectivity index (χ1n) is 9.63. The second kappa shape index (κ2) is 10.8. The van der Waals surface area contributed by atoms with Crippen molar-refractivity contribution in [2.45, 2.75) is 6.61 Å². The van der Waals surface area contributed by atoms with E-state index < -0.39 is 10.8 Å². The Bertz CT molecular complexity index is 1250. The number of non-ortho nitro benzene ring substituents is 1. The van der Waals surface area contributed by atoms with E-state index in [0.717, 1.165) is 0 Å². The normalized spacial score (nSPS) is 10.8. The highest BCUT2D eigenvalue weighted by Gasteiger charge is 2.15. The minimum atomic E-state index is -0.565. The average Bonchev–Trinajstić information content (AvgIpc) is 2.82. The van der Waals surface area contributed by atoms with E-state index in [1.165, 1.54) is 31.4 Å². The molecule has 0 aromatic heterocycles. The number of rotatable bonds is 8. The molecule has 166 valence electrons. The van der Waals surface area contributed by atoms with Crippen LogP contribution in [0.25, 0.3) is 6.08 Å². The van der Waals surface area contributed by atoms with Crippen molar-refractivity contribution < 1.29 is 19.2 Å². The number of amides is 1. The number of para-hydroxylation sites is 1. The Labute approximate surface area is 194 Å². The van der Waals surface area contributed by atoms with Gasteiger partial charge in [-0.2, -0.15) is 5.26 Å². The summed E-state index contributed by atoms with van der Waals surface area (Å²) in [5.74, 6) is -0.0557. The molecule has 0 spiro atoms. The highest BCUT2D eigenvalue weighted by Crippen LogP contribution is 2.37. The van der Waals surface area contributed by atoms with Crippen molar-refractivity contribution in [2.24, 2.45) is 0 Å². The summed E-state index contributed by atoms with van der Waals surface area (Å²) in [6.07, 6.45) is 1.39. The van der Waals surface area contributed by atoms with E-state index in [1.807, 2.05) is 12.1 Å². The molecule has 0 unspecified atom stereocenters. The predicted octanol–water partition coefficient (Wildman–Crippen LogP) is 5.38. The number of methoxy groups -OCH3 is 1. The van der Waals surface area contributed by atoms with Crippen LogP contribution >= 0.6 is 11.6 Å². The molecule has 3 aromatic carbocycles. The first-order chi connectivity index (χ1) is 15.9. The van der Waals surface area contributed by atoms with Gasteiger partial charge in [0.2, 0.25) is 0 Å². The number of benzene rings is 3. The molecule has 0 saturated heterocycles. The summed E-state index contributed by atoms with van der Waals surface area (Å²) in [6, 6.07) is 19.8. The summed E-state index contributed by atoms with van der Waals surface area (Å²) in [4.78, 5) is 22.9. The minimum absolute atomic E-state index is 0.0237. The van der Waals surface area contributed by atoms with Crippen LogP contribution in [0.3, 0.4) is 0 Å². The standard InChI is InChI=1S/C24H18ClN3O5/c1-32-22-13-17(10-18(14-26)24(29)27-19-7-3-2-4-8-19)12-21(25)23(22)33-15-16-6-5-9-20(11-16)28(30)31/h2-13H,15H2,1H3,(H,27,29)/b18-10-. The molecular formula is C24H18ClN3O5. The Morgan fingerprint density at radius 1 is 1.18 bits per heavy atom. The van der Waals surface area contributed by atoms with Gasteiger partial charge in [-0.3, -0.25) is 14.9 Å². The molecule has 0 atom stereocenters. The maximum absolute atomic E-state index is 12.5. The van der Waals surface area contributed by atoms with E-state index in [2.05, 4.69) is 5.32 Å². The summed E-state index contributed by atoms with van der Waals surface area (Å²) >= 11 is 6.37. The van der Waals surface area contributed by atoms with Crippen LogP contribution in [0.1, 0.15) is 11.1 Å². The van der Waals surface area contributed by atoms with Crippen molar-refractivity contribution in [1.82, 2.24) is 0 Å². The third-order valence-electron chi connectivity index (χ3n) is 4.46. The maximum Gasteiger partial charge on any atom is 0.269 e. The van der Waals surface area contributed by atoms with Crippen LogP contribution in [0, 0.1) is 21.4 Å². The van der Waals surface area contributed by atoms with Crippen molar-refractivity contribution >= 4 is 35.0 Å². The van der Waals surface area contributed by atoms with Crippen LogP contribution < -0.4 is 14.8 Å². The smallest absolute Gasteiger partial charge is 0.269 e. The van der Waals surface area contributed by atoms with Crippen LogP contribution in [-0.2, 0) is 11.4 Å². The molecule has 3 rings (SSSR count). The maximum atomic E-state index is 12.5. The van der Waals surface area contributed by atoms with E-state index in [0.29, 0.717) is 16.8 Å². The number of nitrogens with zero attached hydrogens (tertiary/aromatic N) is 2. The molecule has 8 nitrogen and oxygen atoms in total. The van der Waals surface area contributed by atoms with E-state index >= 15 is 0 Å². The van der Waals surface area contributed by atoms with Crippen LogP contribution in [-0.4, -0.2) is 17.9 Å². The van der Waals surface area contributed by atoms with Gasteiger partial charge in [-0.05, 0) is 41.5 Å². The lowest BCUT2D eigenvalue weighted by atomic mass is 10.1. The number of carbonyl (C=O) groups excluding carboxylic acids is 1. The molecular weight excluding hydrogens is 446 g/mol. The topological polar surface area (TPSA) is 114 Å². The second-order valence-corrected chi connectivity index (χ2v) is 7.15. The fourth-order valence-corrected chi connectivity index (χ4v) is 3.19. The van der Waals surface area contributed by atoms with Gasteiger partial charge in [0.05, 0.1) is 17.1 Å². The summed E-state index contributed by atoms with van der Waals surface area (Å²) in [7, 11) is 1.42. The zero-order valence-corrected chi connectivity index (χ0v) is 18.2. The fraction of sp³-hybridized carbons (Fsp3) is 0.0833. The Kier molecular flexibility index (Phi) is 7.63. The monoisotopic (exact) mass is 463 g/mol. The number of hydrogen-bond acceptors (Lipinski definition) is 6. The van der Waals surface area contributed by atoms with Gasteiger partial charge in [0.25, 0.3) is 11.6 Å². The number of anilines is 1. The summed E-state index contributed by atoms with van der Waals surface area (Å²) in [6.45, 7) is 0.0237. The highest BCUT2D eigenvalue weighted by molar-refractivity contribution is 6.32. The SMILES string of the molecule is COc1cc(/C=C(/C#N)C(=O)Nc2ccccc2)cc(Cl)c1OCc1cccc([N+](=O)[O-])c1. The molecule has 0 bridgehead atoms. The Balaban J connectivity index is 1.81. The largest absolute Gasteiger partial charge is 0.493 e. The van der Waals surface area contributed by atoms with E-state index in [1.54, 1.807) is 42.5 Å². The zero-order chi connectivity index (χ0) is 23.8. The molecule has 1 N–H and O–H groups in total. The molecule has 0 aliphatic heterocycles. The molecule has 0 heterocycles. The Morgan fingerprint density at radius 2 is 1.94 bits per heavy atom. The van der Waals surface area contributed by atoms with Crippen LogP contribution in [0.5, 0.6) is 11.5 Å². The Morgan fingerprint density at radius 3 is 2.61 bits per heavy atom. The second-order valence-electron chi connectivity index (χ2n) is 6.74. The third-order valence-corrected chi connectivity index (χ3v) is 4.74. The molecule has 0 radical (unpaired) electrons. The minimum Gasteiger partial charge on any atom is -0.493 e. The van der Waals surface area contributed by atoms with Crippen molar-refractivity contribution in [2.75, 3.05) is 12.4 Å². The van der Waals surface area contributed by atoms with E-state index in [9.17, 15) is 20.2 Å². The lowest BCUT2D eigenvalue weighted by molar-refractivity contribution is -0.384. The van der Waals surface area contributed by atoms with Gasteiger partial charge in [0.15, 0.2) is 11.5 Å². The number of nitro groups is 1. The Hall–Kier alpha value is -4.35. The highest BCUT2D eigenvalue weighted by atomic mass is 35.5. The lowest BCUT2D eigenvalue weighted by Crippen LogP contribution is -2.13. The van der Waals surface area contributed by atoms with Crippen LogP contribution in [0.2, 0.25) is 5.02 Å². The first kappa shape index (κ1) is 23.3. The number of nitrogens with one attached hydrogen (secondary N) is 1. The molecule has 1 amide bonds. The van der Waals surface area contributed by atoms with Crippen LogP contribution in [0.15, 0.2) is 72.3 Å². The van der Waals surface area contributed by atoms with Gasteiger partial charge < -0.3 is 14.8 Å². The number of nitriles is 1. The van der Waals surface area contributed by atoms with Gasteiger partial charge in [-0.25, -0.2) is 0 Å². The summed E-state index contributed by atoms with van der Waals surface area (Å²) in [5.41, 5.74) is 1.42. The van der Waals surface area contributed by atoms with Crippen molar-refractivity contribution in [3.05, 3.63) is 98.6 Å². The molecule has 0 fully saturated rings. The van der Waals surface area contributed by atoms with Gasteiger partial charge in [-0.1, -0.05) is 41.9 Å². The average molecular weight is 464 g/mol. The number of halogens is 1. The number of carbonyl (C=O) groups is 1. The van der Waals surface area contributed by atoms with Gasteiger partial charge in [0, 0.05) is 17.8 Å². The van der Waals surface area contributed by atoms with Crippen molar-refractivity contribution in [1.29, 1.82) is 5.26 Å². The lowest BCUT2D eigenvalue weighted by Gasteiger charge is -2.13. The van der Waals surface area contributed by atoms with E-state index in [-0.39, 0.29) is 34.4 Å². The molecule has 9 heteroatoms. The zero-order valence-electron chi connectivity index (χ0n) is 17.4. The number of nitro benzene ring substituents is 1.